The number of fused-ring (bicyclic) bond motifs is 2. The van der Waals surface area contributed by atoms with Crippen molar-refractivity contribution in [2.45, 2.75) is 25.8 Å². The molecule has 0 fully saturated rings. The number of pyridine rings is 1. The van der Waals surface area contributed by atoms with Crippen LogP contribution in [0.5, 0.6) is 0 Å². The summed E-state index contributed by atoms with van der Waals surface area (Å²) in [5, 5.41) is 15.8. The number of aromatic nitrogens is 1. The van der Waals surface area contributed by atoms with Gasteiger partial charge in [0.2, 0.25) is 0 Å². The lowest BCUT2D eigenvalue weighted by Gasteiger charge is -2.18. The van der Waals surface area contributed by atoms with Crippen LogP contribution in [-0.2, 0) is 12.8 Å². The number of hydrogen-bond acceptors (Lipinski definition) is 4. The van der Waals surface area contributed by atoms with E-state index in [4.69, 9.17) is 5.26 Å². The molecule has 156 valence electrons. The summed E-state index contributed by atoms with van der Waals surface area (Å²) in [5.74, 6) is -0.442. The third-order valence-electron chi connectivity index (χ3n) is 6.05. The second-order valence-corrected chi connectivity index (χ2v) is 8.13. The van der Waals surface area contributed by atoms with Crippen molar-refractivity contribution in [2.24, 2.45) is 0 Å². The number of nitrogens with zero attached hydrogens (tertiary/aromatic N) is 2. The number of nitriles is 1. The maximum Gasteiger partial charge on any atom is 0.266 e. The Morgan fingerprint density at radius 2 is 1.69 bits per heavy atom. The molecule has 0 radical (unpaired) electrons. The number of benzene rings is 3. The lowest BCUT2D eigenvalue weighted by molar-refractivity contribution is 0.0972. The molecule has 1 aliphatic rings. The Labute approximate surface area is 186 Å². The van der Waals surface area contributed by atoms with Crippen LogP contribution in [0.2, 0.25) is 0 Å². The zero-order chi connectivity index (χ0) is 22.1. The summed E-state index contributed by atoms with van der Waals surface area (Å²) in [7, 11) is 0. The topological polar surface area (TPSA) is 77.8 Å². The lowest BCUT2D eigenvalue weighted by atomic mass is 9.93. The molecule has 32 heavy (non-hydrogen) atoms. The van der Waals surface area contributed by atoms with E-state index in [1.807, 2.05) is 42.5 Å². The summed E-state index contributed by atoms with van der Waals surface area (Å²) in [4.78, 5) is 17.5. The maximum atomic E-state index is 12.8. The first-order valence-electron chi connectivity index (χ1n) is 10.7. The predicted octanol–water partition coefficient (Wildman–Crippen LogP) is 5.00. The highest BCUT2D eigenvalue weighted by molar-refractivity contribution is 6.10. The number of aryl methyl sites for hydroxylation is 1. The first kappa shape index (κ1) is 19.8. The van der Waals surface area contributed by atoms with Crippen LogP contribution in [0, 0.1) is 18.4 Å². The van der Waals surface area contributed by atoms with Crippen molar-refractivity contribution < 1.29 is 4.79 Å². The Morgan fingerprint density at radius 1 is 1.00 bits per heavy atom. The Balaban J connectivity index is 1.61. The minimum Gasteiger partial charge on any atom is -0.382 e. The molecule has 5 rings (SSSR count). The van der Waals surface area contributed by atoms with Crippen molar-refractivity contribution in [3.8, 4) is 17.3 Å². The van der Waals surface area contributed by atoms with Crippen LogP contribution in [0.4, 0.5) is 5.69 Å². The first-order chi connectivity index (χ1) is 15.6. The third kappa shape index (κ3) is 3.57. The fraction of sp³-hybridized carbons (Fsp3) is 0.148. The Bertz CT molecular complexity index is 1350. The fourth-order valence-corrected chi connectivity index (χ4v) is 4.67. The highest BCUT2D eigenvalue weighted by Gasteiger charge is 2.23. The van der Waals surface area contributed by atoms with Crippen LogP contribution in [0.1, 0.15) is 27.2 Å². The van der Waals surface area contributed by atoms with Gasteiger partial charge in [-0.05, 0) is 54.7 Å². The molecule has 0 saturated heterocycles. The number of rotatable bonds is 4. The van der Waals surface area contributed by atoms with Crippen LogP contribution in [0.25, 0.3) is 22.0 Å². The van der Waals surface area contributed by atoms with E-state index in [2.05, 4.69) is 45.9 Å². The molecule has 0 unspecified atom stereocenters. The van der Waals surface area contributed by atoms with Crippen LogP contribution in [-0.4, -0.2) is 16.9 Å². The smallest absolute Gasteiger partial charge is 0.266 e. The zero-order valence-electron chi connectivity index (χ0n) is 17.7. The van der Waals surface area contributed by atoms with Gasteiger partial charge in [-0.1, -0.05) is 54.6 Å². The molecule has 3 aromatic carbocycles. The molecule has 4 aromatic rings. The van der Waals surface area contributed by atoms with Gasteiger partial charge in [-0.3, -0.25) is 15.1 Å². The van der Waals surface area contributed by atoms with E-state index < -0.39 is 5.91 Å². The van der Waals surface area contributed by atoms with E-state index in [-0.39, 0.29) is 0 Å². The number of carbonyl (C=O) groups is 1. The highest BCUT2D eigenvalue weighted by atomic mass is 16.1. The van der Waals surface area contributed by atoms with E-state index in [9.17, 15) is 4.79 Å². The summed E-state index contributed by atoms with van der Waals surface area (Å²) < 4.78 is 0. The highest BCUT2D eigenvalue weighted by Crippen LogP contribution is 2.35. The maximum absolute atomic E-state index is 12.8. The second-order valence-electron chi connectivity index (χ2n) is 8.13. The van der Waals surface area contributed by atoms with Crippen molar-refractivity contribution in [1.29, 1.82) is 5.26 Å². The minimum atomic E-state index is -0.442. The van der Waals surface area contributed by atoms with Crippen LogP contribution >= 0.6 is 0 Å². The summed E-state index contributed by atoms with van der Waals surface area (Å²) in [6.45, 7) is 1.81. The first-order valence-corrected chi connectivity index (χ1v) is 10.7. The SMILES string of the molecule is Cc1nc2ccc(NC3Cc4ccccc4C3)cc2c(-c2ccccc2)c1C(=O)NC#N. The lowest BCUT2D eigenvalue weighted by Crippen LogP contribution is -2.21. The van der Waals surface area contributed by atoms with Gasteiger partial charge in [-0.25, -0.2) is 0 Å². The molecule has 0 aliphatic heterocycles. The molecule has 1 amide bonds. The summed E-state index contributed by atoms with van der Waals surface area (Å²) in [5.41, 5.74) is 7.31. The van der Waals surface area contributed by atoms with Gasteiger partial charge in [0.15, 0.2) is 6.19 Å². The van der Waals surface area contributed by atoms with Crippen molar-refractivity contribution in [3.63, 3.8) is 0 Å². The van der Waals surface area contributed by atoms with Gasteiger partial charge in [0.25, 0.3) is 5.91 Å². The van der Waals surface area contributed by atoms with Crippen LogP contribution in [0.15, 0.2) is 72.8 Å². The van der Waals surface area contributed by atoms with Gasteiger partial charge in [0, 0.05) is 22.7 Å². The molecular weight excluding hydrogens is 396 g/mol. The quantitative estimate of drug-likeness (QED) is 0.361. The normalized spacial score (nSPS) is 12.9. The predicted molar refractivity (Wildman–Crippen MR) is 126 cm³/mol. The standard InChI is InChI=1S/C27H22N4O/c1-17-25(27(32)29-16-28)26(18-7-3-2-4-8-18)23-15-21(11-12-24(23)30-17)31-22-13-19-9-5-6-10-20(19)14-22/h2-12,15,22,31H,13-14H2,1H3,(H,29,32). The number of hydrogen-bond donors (Lipinski definition) is 2. The van der Waals surface area contributed by atoms with E-state index in [0.717, 1.165) is 40.6 Å². The summed E-state index contributed by atoms with van der Waals surface area (Å²) in [6, 6.07) is 24.8. The molecule has 0 bridgehead atoms. The van der Waals surface area contributed by atoms with Crippen LogP contribution < -0.4 is 10.6 Å². The van der Waals surface area contributed by atoms with Gasteiger partial charge in [0.05, 0.1) is 16.8 Å². The molecule has 0 atom stereocenters. The summed E-state index contributed by atoms with van der Waals surface area (Å²) >= 11 is 0. The number of amides is 1. The number of carbonyl (C=O) groups excluding carboxylic acids is 1. The average molecular weight is 419 g/mol. The molecule has 1 aliphatic carbocycles. The minimum absolute atomic E-state index is 0.324. The molecule has 5 heteroatoms. The van der Waals surface area contributed by atoms with Crippen molar-refractivity contribution >= 4 is 22.5 Å². The van der Waals surface area contributed by atoms with E-state index in [1.54, 1.807) is 13.1 Å². The van der Waals surface area contributed by atoms with E-state index in [1.165, 1.54) is 11.1 Å². The molecule has 1 heterocycles. The molecular formula is C27H22N4O. The van der Waals surface area contributed by atoms with Gasteiger partial charge < -0.3 is 5.32 Å². The Hall–Kier alpha value is -4.17. The monoisotopic (exact) mass is 418 g/mol. The number of nitrogens with one attached hydrogen (secondary N) is 2. The molecule has 2 N–H and O–H groups in total. The molecule has 5 nitrogen and oxygen atoms in total. The largest absolute Gasteiger partial charge is 0.382 e. The van der Waals surface area contributed by atoms with E-state index >= 15 is 0 Å². The zero-order valence-corrected chi connectivity index (χ0v) is 17.7. The second kappa shape index (κ2) is 8.16. The van der Waals surface area contributed by atoms with Crippen molar-refractivity contribution in [2.75, 3.05) is 5.32 Å². The molecule has 0 spiro atoms. The van der Waals surface area contributed by atoms with Crippen molar-refractivity contribution in [1.82, 2.24) is 10.3 Å². The Morgan fingerprint density at radius 3 is 2.38 bits per heavy atom. The van der Waals surface area contributed by atoms with Gasteiger partial charge >= 0.3 is 0 Å². The van der Waals surface area contributed by atoms with Gasteiger partial charge in [-0.15, -0.1) is 0 Å². The van der Waals surface area contributed by atoms with Gasteiger partial charge in [0.1, 0.15) is 0 Å². The van der Waals surface area contributed by atoms with Crippen molar-refractivity contribution in [3.05, 3.63) is 95.2 Å². The van der Waals surface area contributed by atoms with Gasteiger partial charge in [-0.2, -0.15) is 5.26 Å². The molecule has 0 saturated carbocycles. The average Bonchev–Trinajstić information content (AvgIpc) is 3.21. The summed E-state index contributed by atoms with van der Waals surface area (Å²) in [6.07, 6.45) is 3.72. The van der Waals surface area contributed by atoms with Crippen LogP contribution in [0.3, 0.4) is 0 Å². The Kier molecular flexibility index (Phi) is 5.04. The number of anilines is 1. The van der Waals surface area contributed by atoms with E-state index in [0.29, 0.717) is 17.3 Å². The fourth-order valence-electron chi connectivity index (χ4n) is 4.67. The third-order valence-corrected chi connectivity index (χ3v) is 6.05. The molecule has 1 aromatic heterocycles.